The van der Waals surface area contributed by atoms with Gasteiger partial charge in [0.25, 0.3) is 5.91 Å². The Hall–Kier alpha value is -2.82. The molecule has 0 atom stereocenters. The van der Waals surface area contributed by atoms with E-state index >= 15 is 0 Å². The third-order valence-electron chi connectivity index (χ3n) is 3.96. The zero-order valence-corrected chi connectivity index (χ0v) is 13.7. The van der Waals surface area contributed by atoms with Crippen LogP contribution in [-0.4, -0.2) is 22.3 Å². The fourth-order valence-electron chi connectivity index (χ4n) is 2.57. The molecule has 3 rings (SSSR count). The van der Waals surface area contributed by atoms with E-state index in [9.17, 15) is 9.18 Å². The summed E-state index contributed by atoms with van der Waals surface area (Å²) in [7, 11) is 0. The Kier molecular flexibility index (Phi) is 4.51. The van der Waals surface area contributed by atoms with Gasteiger partial charge in [-0.2, -0.15) is 0 Å². The highest BCUT2D eigenvalue weighted by molar-refractivity contribution is 5.98. The molecule has 4 nitrogen and oxygen atoms in total. The van der Waals surface area contributed by atoms with Gasteiger partial charge in [-0.1, -0.05) is 11.6 Å². The second-order valence-corrected chi connectivity index (χ2v) is 5.79. The number of nitrogens with zero attached hydrogens (tertiary/aromatic N) is 1. The number of nitrogens with one attached hydrogen (secondary N) is 1. The lowest BCUT2D eigenvalue weighted by atomic mass is 10.2. The van der Waals surface area contributed by atoms with E-state index in [1.54, 1.807) is 29.4 Å². The molecule has 24 heavy (non-hydrogen) atoms. The number of amides is 1. The van der Waals surface area contributed by atoms with Gasteiger partial charge in [0.15, 0.2) is 0 Å². The molecule has 5 heteroatoms. The number of carbonyl (C=O) groups is 1. The van der Waals surface area contributed by atoms with E-state index in [1.807, 2.05) is 26.0 Å². The highest BCUT2D eigenvalue weighted by atomic mass is 19.1. The van der Waals surface area contributed by atoms with E-state index in [0.29, 0.717) is 24.2 Å². The van der Waals surface area contributed by atoms with Gasteiger partial charge in [-0.05, 0) is 50.2 Å². The number of rotatable bonds is 5. The van der Waals surface area contributed by atoms with E-state index in [2.05, 4.69) is 4.98 Å². The second-order valence-electron chi connectivity index (χ2n) is 5.79. The van der Waals surface area contributed by atoms with Crippen LogP contribution >= 0.6 is 0 Å². The van der Waals surface area contributed by atoms with Crippen molar-refractivity contribution in [1.29, 1.82) is 0 Å². The summed E-state index contributed by atoms with van der Waals surface area (Å²) >= 11 is 0. The molecule has 1 amide bonds. The first-order valence-corrected chi connectivity index (χ1v) is 7.78. The lowest BCUT2D eigenvalue weighted by Gasteiger charge is -2.21. The molecule has 0 spiro atoms. The van der Waals surface area contributed by atoms with Crippen LogP contribution in [0.25, 0.3) is 10.9 Å². The maximum atomic E-state index is 13.3. The van der Waals surface area contributed by atoms with Crippen LogP contribution < -0.4 is 0 Å². The van der Waals surface area contributed by atoms with E-state index in [-0.39, 0.29) is 11.7 Å². The predicted molar refractivity (Wildman–Crippen MR) is 91.1 cm³/mol. The number of benzene rings is 1. The molecule has 0 unspecified atom stereocenters. The predicted octanol–water partition coefficient (Wildman–Crippen LogP) is 4.51. The average molecular weight is 326 g/mol. The van der Waals surface area contributed by atoms with Crippen molar-refractivity contribution in [3.63, 3.8) is 0 Å². The lowest BCUT2D eigenvalue weighted by molar-refractivity contribution is 0.0742. The molecule has 2 aromatic heterocycles. The number of halogens is 1. The third kappa shape index (κ3) is 3.40. The van der Waals surface area contributed by atoms with Crippen LogP contribution in [0.5, 0.6) is 0 Å². The molecular formula is C19H19FN2O2. The summed E-state index contributed by atoms with van der Waals surface area (Å²) in [6.07, 6.45) is 3.56. The van der Waals surface area contributed by atoms with Gasteiger partial charge in [-0.15, -0.1) is 0 Å². The van der Waals surface area contributed by atoms with Crippen molar-refractivity contribution < 1.29 is 13.6 Å². The van der Waals surface area contributed by atoms with Crippen molar-refractivity contribution in [2.24, 2.45) is 0 Å². The van der Waals surface area contributed by atoms with Crippen molar-refractivity contribution in [2.45, 2.75) is 20.4 Å². The quantitative estimate of drug-likeness (QED) is 0.701. The van der Waals surface area contributed by atoms with Crippen LogP contribution in [-0.2, 0) is 6.54 Å². The number of carbonyl (C=O) groups excluding carboxylic acids is 1. The highest BCUT2D eigenvalue weighted by Gasteiger charge is 2.19. The summed E-state index contributed by atoms with van der Waals surface area (Å²) in [6, 6.07) is 9.74. The number of hydrogen-bond donors (Lipinski definition) is 1. The molecule has 0 aliphatic carbocycles. The minimum absolute atomic E-state index is 0.149. The molecule has 0 fully saturated rings. The van der Waals surface area contributed by atoms with Crippen molar-refractivity contribution in [3.8, 4) is 0 Å². The lowest BCUT2D eigenvalue weighted by Crippen LogP contribution is -2.32. The minimum atomic E-state index is -0.322. The molecule has 0 saturated heterocycles. The Morgan fingerprint density at radius 2 is 2.17 bits per heavy atom. The Morgan fingerprint density at radius 1 is 1.33 bits per heavy atom. The van der Waals surface area contributed by atoms with Crippen LogP contribution in [0.15, 0.2) is 58.7 Å². The van der Waals surface area contributed by atoms with Crippen LogP contribution in [0.1, 0.15) is 30.1 Å². The third-order valence-corrected chi connectivity index (χ3v) is 3.96. The fraction of sp³-hybridized carbons (Fsp3) is 0.211. The van der Waals surface area contributed by atoms with Gasteiger partial charge in [0.05, 0.1) is 12.8 Å². The number of aromatic nitrogens is 1. The van der Waals surface area contributed by atoms with Gasteiger partial charge in [0.1, 0.15) is 17.3 Å². The van der Waals surface area contributed by atoms with Gasteiger partial charge in [-0.25, -0.2) is 4.39 Å². The average Bonchev–Trinajstić information content (AvgIpc) is 3.22. The molecule has 0 aliphatic heterocycles. The minimum Gasteiger partial charge on any atom is -0.467 e. The molecule has 0 radical (unpaired) electrons. The van der Waals surface area contributed by atoms with Crippen LogP contribution in [0.2, 0.25) is 0 Å². The van der Waals surface area contributed by atoms with Gasteiger partial charge in [0.2, 0.25) is 0 Å². The normalized spacial score (nSPS) is 11.9. The first kappa shape index (κ1) is 16.1. The largest absolute Gasteiger partial charge is 0.467 e. The number of furan rings is 1. The summed E-state index contributed by atoms with van der Waals surface area (Å²) in [5.41, 5.74) is 2.25. The van der Waals surface area contributed by atoms with E-state index in [1.165, 1.54) is 12.1 Å². The molecule has 1 aromatic carbocycles. The number of aromatic amines is 1. The zero-order valence-electron chi connectivity index (χ0n) is 13.7. The van der Waals surface area contributed by atoms with Crippen LogP contribution in [0, 0.1) is 5.82 Å². The van der Waals surface area contributed by atoms with Crippen molar-refractivity contribution in [3.05, 3.63) is 71.6 Å². The maximum Gasteiger partial charge on any atom is 0.271 e. The van der Waals surface area contributed by atoms with Crippen LogP contribution in [0.4, 0.5) is 4.39 Å². The van der Waals surface area contributed by atoms with Gasteiger partial charge >= 0.3 is 0 Å². The topological polar surface area (TPSA) is 49.2 Å². The van der Waals surface area contributed by atoms with Crippen molar-refractivity contribution in [2.75, 3.05) is 6.54 Å². The van der Waals surface area contributed by atoms with Gasteiger partial charge < -0.3 is 14.3 Å². The fourth-order valence-corrected chi connectivity index (χ4v) is 2.57. The van der Waals surface area contributed by atoms with Gasteiger partial charge in [-0.3, -0.25) is 4.79 Å². The van der Waals surface area contributed by atoms with E-state index in [4.69, 9.17) is 4.42 Å². The van der Waals surface area contributed by atoms with Crippen molar-refractivity contribution >= 4 is 16.8 Å². The molecule has 2 heterocycles. The van der Waals surface area contributed by atoms with E-state index < -0.39 is 0 Å². The first-order chi connectivity index (χ1) is 11.6. The molecule has 3 aromatic rings. The van der Waals surface area contributed by atoms with Crippen LogP contribution in [0.3, 0.4) is 0 Å². The summed E-state index contributed by atoms with van der Waals surface area (Å²) < 4.78 is 18.7. The number of allylic oxidation sites excluding steroid dienone is 1. The first-order valence-electron chi connectivity index (χ1n) is 7.78. The highest BCUT2D eigenvalue weighted by Crippen LogP contribution is 2.19. The summed E-state index contributed by atoms with van der Waals surface area (Å²) in [5, 5.41) is 0.680. The summed E-state index contributed by atoms with van der Waals surface area (Å²) in [4.78, 5) is 17.7. The Morgan fingerprint density at radius 3 is 2.88 bits per heavy atom. The number of fused-ring (bicyclic) bond motifs is 1. The standard InChI is InChI=1S/C19H19FN2O2/c1-3-13(2)11-22(12-16-5-4-8-24-16)19(23)18-10-14-9-15(20)6-7-17(14)21-18/h3-10,21H,11-12H2,1-2H3. The molecule has 0 bridgehead atoms. The zero-order chi connectivity index (χ0) is 17.1. The Balaban J connectivity index is 1.90. The van der Waals surface area contributed by atoms with Gasteiger partial charge in [0, 0.05) is 17.4 Å². The molecule has 124 valence electrons. The number of H-pyrrole nitrogens is 1. The Labute approximate surface area is 139 Å². The van der Waals surface area contributed by atoms with E-state index in [0.717, 1.165) is 16.9 Å². The molecule has 0 saturated carbocycles. The summed E-state index contributed by atoms with van der Waals surface area (Å²) in [5.74, 6) is 0.247. The Bertz CT molecular complexity index is 878. The molecule has 1 N–H and O–H groups in total. The second kappa shape index (κ2) is 6.74. The number of hydrogen-bond acceptors (Lipinski definition) is 2. The van der Waals surface area contributed by atoms with Crippen molar-refractivity contribution in [1.82, 2.24) is 9.88 Å². The summed E-state index contributed by atoms with van der Waals surface area (Å²) in [6.45, 7) is 4.79. The maximum absolute atomic E-state index is 13.3. The smallest absolute Gasteiger partial charge is 0.271 e. The molecular weight excluding hydrogens is 307 g/mol. The monoisotopic (exact) mass is 326 g/mol. The SMILES string of the molecule is CC=C(C)CN(Cc1ccco1)C(=O)c1cc2cc(F)ccc2[nH]1. The molecule has 0 aliphatic rings.